The van der Waals surface area contributed by atoms with E-state index in [-0.39, 0.29) is 0 Å². The van der Waals surface area contributed by atoms with Gasteiger partial charge in [0.2, 0.25) is 0 Å². The van der Waals surface area contributed by atoms with E-state index in [9.17, 15) is 8.78 Å². The van der Waals surface area contributed by atoms with E-state index in [0.29, 0.717) is 31.0 Å². The highest BCUT2D eigenvalue weighted by Crippen LogP contribution is 2.35. The number of benzene rings is 1. The Balaban J connectivity index is 2.36. The molecule has 0 saturated carbocycles. The number of fused-ring (bicyclic) bond motifs is 1. The summed E-state index contributed by atoms with van der Waals surface area (Å²) >= 11 is 0. The molecule has 0 spiro atoms. The van der Waals surface area contributed by atoms with Crippen molar-refractivity contribution in [2.24, 2.45) is 0 Å². The first-order chi connectivity index (χ1) is 8.24. The Kier molecular flexibility index (Phi) is 3.94. The molecule has 2 nitrogen and oxygen atoms in total. The van der Waals surface area contributed by atoms with Gasteiger partial charge < -0.3 is 4.74 Å². The van der Waals surface area contributed by atoms with Gasteiger partial charge in [-0.3, -0.25) is 4.90 Å². The summed E-state index contributed by atoms with van der Waals surface area (Å²) < 4.78 is 32.0. The van der Waals surface area contributed by atoms with Gasteiger partial charge in [0.05, 0.1) is 0 Å². The Morgan fingerprint density at radius 1 is 1.41 bits per heavy atom. The van der Waals surface area contributed by atoms with Crippen molar-refractivity contribution in [3.8, 4) is 5.75 Å². The number of hydrogen-bond acceptors (Lipinski definition) is 2. The lowest BCUT2D eigenvalue weighted by atomic mass is 10.0. The largest absolute Gasteiger partial charge is 0.492 e. The minimum Gasteiger partial charge on any atom is -0.492 e. The monoisotopic (exact) mass is 241 g/mol. The van der Waals surface area contributed by atoms with Gasteiger partial charge >= 0.3 is 0 Å². The third-order valence-corrected chi connectivity index (χ3v) is 3.02. The van der Waals surface area contributed by atoms with Gasteiger partial charge in [-0.1, -0.05) is 25.1 Å². The maximum atomic E-state index is 13.3. The van der Waals surface area contributed by atoms with Gasteiger partial charge in [0.1, 0.15) is 18.4 Å². The highest BCUT2D eigenvalue weighted by Gasteiger charge is 2.32. The molecule has 4 heteroatoms. The molecule has 17 heavy (non-hydrogen) atoms. The predicted molar refractivity (Wildman–Crippen MR) is 62.5 cm³/mol. The van der Waals surface area contributed by atoms with Gasteiger partial charge in [-0.25, -0.2) is 8.78 Å². The summed E-state index contributed by atoms with van der Waals surface area (Å²) in [5, 5.41) is 0. The number of alkyl halides is 2. The Bertz CT molecular complexity index is 370. The van der Waals surface area contributed by atoms with Crippen LogP contribution >= 0.6 is 0 Å². The van der Waals surface area contributed by atoms with Crippen LogP contribution in [0.2, 0.25) is 0 Å². The van der Waals surface area contributed by atoms with Gasteiger partial charge in [-0.2, -0.15) is 0 Å². The molecule has 0 aromatic heterocycles. The average molecular weight is 241 g/mol. The summed E-state index contributed by atoms with van der Waals surface area (Å²) in [6, 6.07) is 6.26. The molecule has 1 heterocycles. The van der Waals surface area contributed by atoms with E-state index in [0.717, 1.165) is 6.42 Å². The standard InChI is InChI=1S/C13H17F2NO/c1-2-7-16-8-9-17-11-6-4-3-5-10(11)12(16)13(14)15/h3-6,12-13H,2,7-9H2,1H3. The molecule has 1 aliphatic heterocycles. The molecule has 1 atom stereocenters. The predicted octanol–water partition coefficient (Wildman–Crippen LogP) is 3.10. The van der Waals surface area contributed by atoms with Gasteiger partial charge in [-0.15, -0.1) is 0 Å². The van der Waals surface area contributed by atoms with Crippen LogP contribution in [0, 0.1) is 0 Å². The second-order valence-corrected chi connectivity index (χ2v) is 4.20. The topological polar surface area (TPSA) is 12.5 Å². The molecule has 0 amide bonds. The molecule has 0 radical (unpaired) electrons. The summed E-state index contributed by atoms with van der Waals surface area (Å²) in [4.78, 5) is 1.82. The quantitative estimate of drug-likeness (QED) is 0.806. The molecule has 94 valence electrons. The van der Waals surface area contributed by atoms with Gasteiger partial charge in [0.15, 0.2) is 0 Å². The first-order valence-corrected chi connectivity index (χ1v) is 5.98. The Morgan fingerprint density at radius 2 is 2.18 bits per heavy atom. The molecular formula is C13H17F2NO. The zero-order valence-corrected chi connectivity index (χ0v) is 9.90. The molecule has 1 aliphatic rings. The third-order valence-electron chi connectivity index (χ3n) is 3.02. The van der Waals surface area contributed by atoms with Crippen LogP contribution in [-0.2, 0) is 0 Å². The maximum absolute atomic E-state index is 13.3. The van der Waals surface area contributed by atoms with E-state index in [4.69, 9.17) is 4.74 Å². The molecule has 0 aliphatic carbocycles. The Hall–Kier alpha value is -1.16. The lowest BCUT2D eigenvalue weighted by molar-refractivity contribution is 0.0250. The fourth-order valence-electron chi connectivity index (χ4n) is 2.30. The van der Waals surface area contributed by atoms with Crippen molar-refractivity contribution in [3.63, 3.8) is 0 Å². The van der Waals surface area contributed by atoms with E-state index >= 15 is 0 Å². The smallest absolute Gasteiger partial charge is 0.258 e. The summed E-state index contributed by atoms with van der Waals surface area (Å²) in [5.74, 6) is 0.594. The lowest BCUT2D eigenvalue weighted by Crippen LogP contribution is -2.35. The number of nitrogens with zero attached hydrogens (tertiary/aromatic N) is 1. The number of ether oxygens (including phenoxy) is 1. The van der Waals surface area contributed by atoms with Crippen LogP contribution in [0.25, 0.3) is 0 Å². The van der Waals surface area contributed by atoms with Crippen molar-refractivity contribution in [1.29, 1.82) is 0 Å². The Labute approximate surface area is 100 Å². The number of hydrogen-bond donors (Lipinski definition) is 0. The van der Waals surface area contributed by atoms with E-state index in [1.54, 1.807) is 18.2 Å². The molecule has 1 aromatic rings. The van der Waals surface area contributed by atoms with Crippen LogP contribution in [0.3, 0.4) is 0 Å². The molecule has 0 N–H and O–H groups in total. The van der Waals surface area contributed by atoms with E-state index in [2.05, 4.69) is 0 Å². The molecular weight excluding hydrogens is 224 g/mol. The van der Waals surface area contributed by atoms with Gasteiger partial charge in [-0.05, 0) is 19.0 Å². The van der Waals surface area contributed by atoms with Crippen molar-refractivity contribution in [1.82, 2.24) is 4.90 Å². The minimum atomic E-state index is -2.38. The SMILES string of the molecule is CCCN1CCOc2ccccc2C1C(F)F. The van der Waals surface area contributed by atoms with Crippen molar-refractivity contribution in [3.05, 3.63) is 29.8 Å². The van der Waals surface area contributed by atoms with Crippen LogP contribution in [0.15, 0.2) is 24.3 Å². The van der Waals surface area contributed by atoms with Crippen LogP contribution in [-0.4, -0.2) is 31.0 Å². The van der Waals surface area contributed by atoms with Crippen molar-refractivity contribution >= 4 is 0 Å². The first kappa shape index (κ1) is 12.3. The zero-order chi connectivity index (χ0) is 12.3. The normalized spacial score (nSPS) is 20.8. The van der Waals surface area contributed by atoms with Crippen LogP contribution in [0.1, 0.15) is 24.9 Å². The Morgan fingerprint density at radius 3 is 2.88 bits per heavy atom. The molecule has 1 aromatic carbocycles. The maximum Gasteiger partial charge on any atom is 0.258 e. The third kappa shape index (κ3) is 2.57. The second-order valence-electron chi connectivity index (χ2n) is 4.20. The molecule has 0 bridgehead atoms. The highest BCUT2D eigenvalue weighted by atomic mass is 19.3. The number of halogens is 2. The summed E-state index contributed by atoms with van der Waals surface area (Å²) in [7, 11) is 0. The van der Waals surface area contributed by atoms with Gasteiger partial charge in [0.25, 0.3) is 6.43 Å². The fraction of sp³-hybridized carbons (Fsp3) is 0.538. The highest BCUT2D eigenvalue weighted by molar-refractivity contribution is 5.37. The first-order valence-electron chi connectivity index (χ1n) is 5.98. The minimum absolute atomic E-state index is 0.472. The summed E-state index contributed by atoms with van der Waals surface area (Å²) in [6.07, 6.45) is -1.52. The van der Waals surface area contributed by atoms with Crippen molar-refractivity contribution in [2.45, 2.75) is 25.8 Å². The van der Waals surface area contributed by atoms with E-state index < -0.39 is 12.5 Å². The summed E-state index contributed by atoms with van der Waals surface area (Å²) in [6.45, 7) is 3.70. The second kappa shape index (κ2) is 5.45. The van der Waals surface area contributed by atoms with Crippen LogP contribution in [0.4, 0.5) is 8.78 Å². The molecule has 0 fully saturated rings. The van der Waals surface area contributed by atoms with E-state index in [1.807, 2.05) is 17.9 Å². The molecule has 0 saturated heterocycles. The molecule has 2 rings (SSSR count). The van der Waals surface area contributed by atoms with E-state index in [1.165, 1.54) is 0 Å². The van der Waals surface area contributed by atoms with Crippen molar-refractivity contribution < 1.29 is 13.5 Å². The lowest BCUT2D eigenvalue weighted by Gasteiger charge is -2.28. The molecule has 1 unspecified atom stereocenters. The average Bonchev–Trinajstić information content (AvgIpc) is 2.48. The number of rotatable bonds is 3. The van der Waals surface area contributed by atoms with Crippen LogP contribution in [0.5, 0.6) is 5.75 Å². The van der Waals surface area contributed by atoms with Crippen molar-refractivity contribution in [2.75, 3.05) is 19.7 Å². The number of para-hydroxylation sites is 1. The fourth-order valence-corrected chi connectivity index (χ4v) is 2.30. The zero-order valence-electron chi connectivity index (χ0n) is 9.90. The van der Waals surface area contributed by atoms with Crippen LogP contribution < -0.4 is 4.74 Å². The summed E-state index contributed by atoms with van der Waals surface area (Å²) in [5.41, 5.74) is 0.605. The van der Waals surface area contributed by atoms with Gasteiger partial charge in [0, 0.05) is 12.1 Å².